The molecule has 1 saturated carbocycles. The number of rotatable bonds is 17. The minimum atomic E-state index is -4.46. The van der Waals surface area contributed by atoms with Crippen molar-refractivity contribution in [2.75, 3.05) is 38.5 Å². The van der Waals surface area contributed by atoms with Gasteiger partial charge in [-0.25, -0.2) is 27.1 Å². The number of aliphatic carboxylic acids is 1. The molecule has 2 aromatic carbocycles. The van der Waals surface area contributed by atoms with E-state index in [-0.39, 0.29) is 49.5 Å². The predicted octanol–water partition coefficient (Wildman–Crippen LogP) is 4.21. The second-order valence-corrected chi connectivity index (χ2v) is 17.6. The van der Waals surface area contributed by atoms with Crippen LogP contribution in [0.15, 0.2) is 60.0 Å². The molecule has 316 valence electrons. The average Bonchev–Trinajstić information content (AvgIpc) is 3.44. The number of anilines is 1. The summed E-state index contributed by atoms with van der Waals surface area (Å²) in [4.78, 5) is 69.6. The van der Waals surface area contributed by atoms with E-state index in [4.69, 9.17) is 14.6 Å². The summed E-state index contributed by atoms with van der Waals surface area (Å²) in [6, 6.07) is 9.42. The summed E-state index contributed by atoms with van der Waals surface area (Å²) in [7, 11) is -2.56. The van der Waals surface area contributed by atoms with E-state index < -0.39 is 75.0 Å². The Morgan fingerprint density at radius 3 is 2.43 bits per heavy atom. The molecule has 1 aliphatic carbocycles. The number of hydrogen-bond acceptors (Lipinski definition) is 11. The number of unbranched alkanes of at least 4 members (excludes halogenated alkanes) is 1. The van der Waals surface area contributed by atoms with Crippen molar-refractivity contribution in [1.29, 1.82) is 0 Å². The first-order valence-electron chi connectivity index (χ1n) is 19.3. The largest absolute Gasteiger partial charge is 0.481 e. The zero-order valence-corrected chi connectivity index (χ0v) is 34.1. The Bertz CT molecular complexity index is 2010. The highest BCUT2D eigenvalue weighted by molar-refractivity contribution is 7.90. The number of carboxylic acids is 1. The molecule has 0 aromatic heterocycles. The van der Waals surface area contributed by atoms with Crippen LogP contribution in [-0.2, 0) is 47.0 Å². The van der Waals surface area contributed by atoms with Gasteiger partial charge in [-0.05, 0) is 90.4 Å². The van der Waals surface area contributed by atoms with Gasteiger partial charge in [0.25, 0.3) is 15.9 Å². The molecule has 0 spiro atoms. The molecule has 3 aliphatic rings. The highest BCUT2D eigenvalue weighted by atomic mass is 32.2. The molecule has 2 aliphatic heterocycles. The minimum absolute atomic E-state index is 0.00604. The first-order valence-corrected chi connectivity index (χ1v) is 20.8. The highest BCUT2D eigenvalue weighted by Crippen LogP contribution is 2.45. The Balaban J connectivity index is 1.23. The van der Waals surface area contributed by atoms with E-state index in [0.29, 0.717) is 37.1 Å². The van der Waals surface area contributed by atoms with Gasteiger partial charge in [0, 0.05) is 37.4 Å². The van der Waals surface area contributed by atoms with Gasteiger partial charge >= 0.3 is 18.2 Å². The molecule has 2 aromatic rings. The van der Waals surface area contributed by atoms with Gasteiger partial charge in [-0.2, -0.15) is 0 Å². The van der Waals surface area contributed by atoms with Gasteiger partial charge in [0.05, 0.1) is 18.8 Å². The standard InChI is InChI=1S/C40H53FN6O10S/c1-6-27-22-40(27,36(51)44-58(54,55)33-16-8-7-15-31(33)42-18-9-10-19-45(5)20-12-17-34(48)49)43-35(50)32-21-28(24-47(32)38(53)57-39(2,3)4)56-37(52)46-23-26-13-11-14-30(41)29(26)25-46/h6-8,11,13-16,27-28,32,42H,1,9-10,12,17-25H2,2-5H3,(H,43,50)(H,44,51)(H,48,49)/t27-,28-,32+,40-/m1/s1. The van der Waals surface area contributed by atoms with Crippen LogP contribution in [0, 0.1) is 11.7 Å². The molecule has 4 amide bonds. The fourth-order valence-corrected chi connectivity index (χ4v) is 8.40. The Morgan fingerprint density at radius 1 is 1.03 bits per heavy atom. The van der Waals surface area contributed by atoms with Crippen molar-refractivity contribution in [3.05, 3.63) is 72.1 Å². The normalized spacial score (nSPS) is 21.2. The third-order valence-corrected chi connectivity index (χ3v) is 11.7. The Morgan fingerprint density at radius 2 is 1.76 bits per heavy atom. The first kappa shape index (κ1) is 43.9. The lowest BCUT2D eigenvalue weighted by molar-refractivity contribution is -0.137. The maximum atomic E-state index is 14.4. The van der Waals surface area contributed by atoms with E-state index in [9.17, 15) is 36.8 Å². The van der Waals surface area contributed by atoms with Gasteiger partial charge in [-0.3, -0.25) is 24.2 Å². The molecular formula is C40H53FN6O10S. The molecule has 0 unspecified atom stereocenters. The predicted molar refractivity (Wildman–Crippen MR) is 210 cm³/mol. The number of likely N-dealkylation sites (tertiary alicyclic amines) is 1. The number of carbonyl (C=O) groups is 5. The number of nitrogens with zero attached hydrogens (tertiary/aromatic N) is 3. The summed E-state index contributed by atoms with van der Waals surface area (Å²) >= 11 is 0. The number of halogens is 1. The molecule has 4 N–H and O–H groups in total. The maximum Gasteiger partial charge on any atom is 0.411 e. The van der Waals surface area contributed by atoms with Crippen LogP contribution in [0.4, 0.5) is 19.7 Å². The van der Waals surface area contributed by atoms with Gasteiger partial charge in [-0.15, -0.1) is 6.58 Å². The van der Waals surface area contributed by atoms with Crippen LogP contribution in [0.2, 0.25) is 0 Å². The van der Waals surface area contributed by atoms with E-state index in [1.54, 1.807) is 45.0 Å². The van der Waals surface area contributed by atoms with E-state index in [2.05, 4.69) is 21.9 Å². The molecule has 1 saturated heterocycles. The Kier molecular flexibility index (Phi) is 13.7. The number of hydrogen-bond donors (Lipinski definition) is 4. The van der Waals surface area contributed by atoms with E-state index in [0.717, 1.165) is 17.9 Å². The molecule has 0 radical (unpaired) electrons. The third-order valence-electron chi connectivity index (χ3n) is 10.3. The minimum Gasteiger partial charge on any atom is -0.481 e. The number of nitrogens with one attached hydrogen (secondary N) is 3. The third kappa shape index (κ3) is 10.8. The van der Waals surface area contributed by atoms with Crippen molar-refractivity contribution in [2.24, 2.45) is 5.92 Å². The number of para-hydroxylation sites is 1. The van der Waals surface area contributed by atoms with E-state index in [1.807, 2.05) is 11.9 Å². The lowest BCUT2D eigenvalue weighted by Gasteiger charge is -2.29. The number of amides is 4. The van der Waals surface area contributed by atoms with Crippen LogP contribution >= 0.6 is 0 Å². The fourth-order valence-electron chi connectivity index (χ4n) is 7.17. The van der Waals surface area contributed by atoms with Crippen LogP contribution < -0.4 is 15.4 Å². The summed E-state index contributed by atoms with van der Waals surface area (Å²) in [5, 5.41) is 14.7. The Hall–Kier alpha value is -5.23. The van der Waals surface area contributed by atoms with Crippen molar-refractivity contribution >= 4 is 45.7 Å². The van der Waals surface area contributed by atoms with Crippen LogP contribution in [-0.4, -0.2) is 115 Å². The van der Waals surface area contributed by atoms with Gasteiger partial charge in [-0.1, -0.05) is 30.3 Å². The second kappa shape index (κ2) is 18.1. The van der Waals surface area contributed by atoms with Crippen molar-refractivity contribution in [3.63, 3.8) is 0 Å². The zero-order valence-electron chi connectivity index (χ0n) is 33.3. The quantitative estimate of drug-likeness (QED) is 0.131. The van der Waals surface area contributed by atoms with Crippen molar-refractivity contribution < 1.29 is 51.4 Å². The summed E-state index contributed by atoms with van der Waals surface area (Å²) in [5.74, 6) is -3.68. The van der Waals surface area contributed by atoms with Gasteiger partial charge < -0.3 is 30.1 Å². The number of sulfonamides is 1. The van der Waals surface area contributed by atoms with E-state index in [1.165, 1.54) is 29.2 Å². The number of ether oxygens (including phenoxy) is 2. The van der Waals surface area contributed by atoms with E-state index >= 15 is 0 Å². The first-order chi connectivity index (χ1) is 27.3. The van der Waals surface area contributed by atoms with Crippen molar-refractivity contribution in [2.45, 2.75) is 101 Å². The average molecular weight is 829 g/mol. The summed E-state index contributed by atoms with van der Waals surface area (Å²) < 4.78 is 55.2. The van der Waals surface area contributed by atoms with Crippen molar-refractivity contribution in [1.82, 2.24) is 24.7 Å². The van der Waals surface area contributed by atoms with Crippen LogP contribution in [0.3, 0.4) is 0 Å². The van der Waals surface area contributed by atoms with Gasteiger partial charge in [0.15, 0.2) is 0 Å². The number of fused-ring (bicyclic) bond motifs is 1. The van der Waals surface area contributed by atoms with Crippen molar-refractivity contribution in [3.8, 4) is 0 Å². The number of carboxylic acid groups (broad SMARTS) is 1. The van der Waals surface area contributed by atoms with Crippen LogP contribution in [0.1, 0.15) is 70.4 Å². The summed E-state index contributed by atoms with van der Waals surface area (Å²) in [5.41, 5.74) is -1.34. The Labute approximate surface area is 338 Å². The SMILES string of the molecule is C=C[C@@H]1C[C@]1(NC(=O)[C@@H]1C[C@@H](OC(=O)N2Cc3cccc(F)c3C2)CN1C(=O)OC(C)(C)C)C(=O)NS(=O)(=O)c1ccccc1NCCCCN(C)CCCC(=O)O. The number of benzene rings is 2. The summed E-state index contributed by atoms with van der Waals surface area (Å²) in [6.45, 7) is 10.4. The van der Waals surface area contributed by atoms with Crippen LogP contribution in [0.5, 0.6) is 0 Å². The van der Waals surface area contributed by atoms with Gasteiger partial charge in [0.2, 0.25) is 5.91 Å². The maximum absolute atomic E-state index is 14.4. The molecule has 2 heterocycles. The molecule has 16 nitrogen and oxygen atoms in total. The topological polar surface area (TPSA) is 204 Å². The lowest BCUT2D eigenvalue weighted by atomic mass is 10.1. The monoisotopic (exact) mass is 828 g/mol. The molecule has 5 rings (SSSR count). The molecular weight excluding hydrogens is 776 g/mol. The van der Waals surface area contributed by atoms with Crippen LogP contribution in [0.25, 0.3) is 0 Å². The summed E-state index contributed by atoms with van der Waals surface area (Å²) in [6.07, 6.45) is 0.861. The lowest BCUT2D eigenvalue weighted by Crippen LogP contribution is -2.56. The molecule has 4 atom stereocenters. The van der Waals surface area contributed by atoms with Gasteiger partial charge in [0.1, 0.15) is 34.0 Å². The molecule has 2 fully saturated rings. The molecule has 18 heteroatoms. The highest BCUT2D eigenvalue weighted by Gasteiger charge is 2.61. The smallest absolute Gasteiger partial charge is 0.411 e. The number of carbonyl (C=O) groups excluding carboxylic acids is 4. The molecule has 0 bridgehead atoms. The zero-order chi connectivity index (χ0) is 42.4. The molecule has 58 heavy (non-hydrogen) atoms. The second-order valence-electron chi connectivity index (χ2n) is 16.0. The fraction of sp³-hybridized carbons (Fsp3) is 0.525.